The normalized spacial score (nSPS) is 21.7. The highest BCUT2D eigenvalue weighted by Gasteiger charge is 2.22. The van der Waals surface area contributed by atoms with E-state index in [9.17, 15) is 0 Å². The van der Waals surface area contributed by atoms with E-state index >= 15 is 0 Å². The summed E-state index contributed by atoms with van der Waals surface area (Å²) in [5, 5.41) is 3.81. The van der Waals surface area contributed by atoms with Crippen LogP contribution in [0.25, 0.3) is 0 Å². The third-order valence-electron chi connectivity index (χ3n) is 3.15. The molecule has 1 saturated heterocycles. The molecule has 1 aromatic heterocycles. The zero-order chi connectivity index (χ0) is 10.7. The van der Waals surface area contributed by atoms with Gasteiger partial charge in [-0.1, -0.05) is 5.16 Å². The molecular weight excluding hydrogens is 192 g/mol. The van der Waals surface area contributed by atoms with Gasteiger partial charge in [0, 0.05) is 6.04 Å². The molecule has 2 N–H and O–H groups in total. The minimum Gasteiger partial charge on any atom is -0.343 e. The van der Waals surface area contributed by atoms with Crippen molar-refractivity contribution in [2.45, 2.75) is 32.4 Å². The number of nitrogens with zero attached hydrogens (tertiary/aromatic N) is 3. The monoisotopic (exact) mass is 210 g/mol. The number of hydrogen-bond donors (Lipinski definition) is 1. The molecule has 0 aliphatic carbocycles. The largest absolute Gasteiger partial charge is 0.343 e. The summed E-state index contributed by atoms with van der Waals surface area (Å²) in [6.45, 7) is 5.06. The summed E-state index contributed by atoms with van der Waals surface area (Å²) in [5.41, 5.74) is 5.89. The first-order chi connectivity index (χ1) is 7.25. The number of rotatable bonds is 3. The average Bonchev–Trinajstić information content (AvgIpc) is 2.71. The molecule has 2 heterocycles. The number of nitrogens with two attached hydrogens (primary N) is 1. The fourth-order valence-corrected chi connectivity index (χ4v) is 2.10. The van der Waals surface area contributed by atoms with E-state index in [1.165, 1.54) is 19.2 Å². The molecule has 0 saturated carbocycles. The summed E-state index contributed by atoms with van der Waals surface area (Å²) in [6, 6.07) is 0.317. The van der Waals surface area contributed by atoms with Gasteiger partial charge >= 0.3 is 0 Å². The minimum absolute atomic E-state index is 0.317. The molecule has 1 aromatic rings. The molecule has 0 radical (unpaired) electrons. The van der Waals surface area contributed by atoms with Crippen molar-refractivity contribution in [1.82, 2.24) is 15.0 Å². The van der Waals surface area contributed by atoms with E-state index in [0.29, 0.717) is 12.0 Å². The molecule has 1 atom stereocenters. The zero-order valence-electron chi connectivity index (χ0n) is 9.09. The van der Waals surface area contributed by atoms with Crippen molar-refractivity contribution in [3.63, 3.8) is 0 Å². The van der Waals surface area contributed by atoms with E-state index in [4.69, 9.17) is 10.3 Å². The highest BCUT2D eigenvalue weighted by atomic mass is 16.5. The van der Waals surface area contributed by atoms with E-state index in [0.717, 1.165) is 25.5 Å². The quantitative estimate of drug-likeness (QED) is 0.792. The van der Waals surface area contributed by atoms with Crippen molar-refractivity contribution < 1.29 is 4.52 Å². The van der Waals surface area contributed by atoms with Crippen LogP contribution < -0.4 is 5.73 Å². The van der Waals surface area contributed by atoms with Gasteiger partial charge < -0.3 is 10.3 Å². The van der Waals surface area contributed by atoms with Crippen molar-refractivity contribution in [2.75, 3.05) is 13.1 Å². The third-order valence-corrected chi connectivity index (χ3v) is 3.15. The Kier molecular flexibility index (Phi) is 3.33. The van der Waals surface area contributed by atoms with Crippen LogP contribution in [0.2, 0.25) is 0 Å². The highest BCUT2D eigenvalue weighted by molar-refractivity contribution is 4.82. The van der Waals surface area contributed by atoms with Gasteiger partial charge in [-0.05, 0) is 38.8 Å². The summed E-state index contributed by atoms with van der Waals surface area (Å²) in [5.74, 6) is 1.45. The SMILES string of the molecule is CC(N)C1CCN(Cc2ncon2)CC1. The molecule has 1 aliphatic heterocycles. The van der Waals surface area contributed by atoms with Gasteiger partial charge in [-0.15, -0.1) is 0 Å². The summed E-state index contributed by atoms with van der Waals surface area (Å²) in [4.78, 5) is 6.37. The topological polar surface area (TPSA) is 68.2 Å². The van der Waals surface area contributed by atoms with Crippen molar-refractivity contribution in [1.29, 1.82) is 0 Å². The van der Waals surface area contributed by atoms with Gasteiger partial charge in [0.1, 0.15) is 0 Å². The zero-order valence-corrected chi connectivity index (χ0v) is 9.09. The van der Waals surface area contributed by atoms with Crippen LogP contribution in [0.5, 0.6) is 0 Å². The molecule has 2 rings (SSSR count). The summed E-state index contributed by atoms with van der Waals surface area (Å²) in [6.07, 6.45) is 3.73. The minimum atomic E-state index is 0.317. The van der Waals surface area contributed by atoms with Gasteiger partial charge in [0.15, 0.2) is 5.82 Å². The third kappa shape index (κ3) is 2.76. The van der Waals surface area contributed by atoms with Crippen molar-refractivity contribution >= 4 is 0 Å². The van der Waals surface area contributed by atoms with E-state index in [1.807, 2.05) is 0 Å². The Morgan fingerprint density at radius 1 is 1.60 bits per heavy atom. The Bertz CT molecular complexity index is 278. The van der Waals surface area contributed by atoms with Crippen LogP contribution in [0.1, 0.15) is 25.6 Å². The second kappa shape index (κ2) is 4.72. The molecule has 15 heavy (non-hydrogen) atoms. The van der Waals surface area contributed by atoms with Gasteiger partial charge in [-0.25, -0.2) is 0 Å². The van der Waals surface area contributed by atoms with Crippen LogP contribution in [0.4, 0.5) is 0 Å². The molecule has 1 unspecified atom stereocenters. The molecule has 1 aliphatic rings. The predicted octanol–water partition coefficient (Wildman–Crippen LogP) is 0.629. The maximum Gasteiger partial charge on any atom is 0.213 e. The summed E-state index contributed by atoms with van der Waals surface area (Å²) < 4.78 is 4.71. The molecule has 0 aromatic carbocycles. The fourth-order valence-electron chi connectivity index (χ4n) is 2.10. The fraction of sp³-hybridized carbons (Fsp3) is 0.800. The van der Waals surface area contributed by atoms with Gasteiger partial charge in [-0.3, -0.25) is 4.90 Å². The smallest absolute Gasteiger partial charge is 0.213 e. The van der Waals surface area contributed by atoms with E-state index in [-0.39, 0.29) is 0 Å². The van der Waals surface area contributed by atoms with Gasteiger partial charge in [-0.2, -0.15) is 4.98 Å². The molecular formula is C10H18N4O. The van der Waals surface area contributed by atoms with Crippen LogP contribution >= 0.6 is 0 Å². The van der Waals surface area contributed by atoms with Crippen molar-refractivity contribution in [2.24, 2.45) is 11.7 Å². The Morgan fingerprint density at radius 3 is 2.87 bits per heavy atom. The van der Waals surface area contributed by atoms with Crippen molar-refractivity contribution in [3.8, 4) is 0 Å². The van der Waals surface area contributed by atoms with E-state index in [2.05, 4.69) is 22.0 Å². The molecule has 84 valence electrons. The van der Waals surface area contributed by atoms with Crippen molar-refractivity contribution in [3.05, 3.63) is 12.2 Å². The molecule has 5 heteroatoms. The maximum atomic E-state index is 5.89. The van der Waals surface area contributed by atoms with Crippen LogP contribution in [-0.2, 0) is 6.54 Å². The van der Waals surface area contributed by atoms with Gasteiger partial charge in [0.05, 0.1) is 6.54 Å². The predicted molar refractivity (Wildman–Crippen MR) is 55.9 cm³/mol. The summed E-state index contributed by atoms with van der Waals surface area (Å²) >= 11 is 0. The molecule has 1 fully saturated rings. The first-order valence-corrected chi connectivity index (χ1v) is 5.49. The first kappa shape index (κ1) is 10.6. The van der Waals surface area contributed by atoms with Crippen LogP contribution in [0, 0.1) is 5.92 Å². The van der Waals surface area contributed by atoms with Gasteiger partial charge in [0.25, 0.3) is 0 Å². The molecule has 5 nitrogen and oxygen atoms in total. The first-order valence-electron chi connectivity index (χ1n) is 5.49. The Balaban J connectivity index is 1.79. The second-order valence-corrected chi connectivity index (χ2v) is 4.32. The van der Waals surface area contributed by atoms with Crippen LogP contribution in [-0.4, -0.2) is 34.2 Å². The standard InChI is InChI=1S/C10H18N4O/c1-8(11)9-2-4-14(5-3-9)6-10-12-7-15-13-10/h7-9H,2-6,11H2,1H3. The van der Waals surface area contributed by atoms with Crippen LogP contribution in [0.3, 0.4) is 0 Å². The van der Waals surface area contributed by atoms with Crippen LogP contribution in [0.15, 0.2) is 10.9 Å². The summed E-state index contributed by atoms with van der Waals surface area (Å²) in [7, 11) is 0. The molecule has 0 bridgehead atoms. The number of likely N-dealkylation sites (tertiary alicyclic amines) is 1. The number of hydrogen-bond acceptors (Lipinski definition) is 5. The Morgan fingerprint density at radius 2 is 2.33 bits per heavy atom. The molecule has 0 amide bonds. The lowest BCUT2D eigenvalue weighted by molar-refractivity contribution is 0.161. The Labute approximate surface area is 89.6 Å². The number of aromatic nitrogens is 2. The maximum absolute atomic E-state index is 5.89. The Hall–Kier alpha value is -0.940. The number of piperidine rings is 1. The average molecular weight is 210 g/mol. The molecule has 0 spiro atoms. The lowest BCUT2D eigenvalue weighted by Gasteiger charge is -2.32. The van der Waals surface area contributed by atoms with E-state index < -0.39 is 0 Å². The van der Waals surface area contributed by atoms with Gasteiger partial charge in [0.2, 0.25) is 6.39 Å². The lowest BCUT2D eigenvalue weighted by atomic mass is 9.91. The van der Waals surface area contributed by atoms with E-state index in [1.54, 1.807) is 0 Å². The highest BCUT2D eigenvalue weighted by Crippen LogP contribution is 2.20. The second-order valence-electron chi connectivity index (χ2n) is 4.32. The lowest BCUT2D eigenvalue weighted by Crippen LogP contribution is -2.39.